The Morgan fingerprint density at radius 2 is 2.00 bits per heavy atom. The average Bonchev–Trinajstić information content (AvgIpc) is 2.54. The van der Waals surface area contributed by atoms with Gasteiger partial charge in [0.05, 0.1) is 6.20 Å². The molecule has 1 aromatic heterocycles. The maximum absolute atomic E-state index is 6.20. The van der Waals surface area contributed by atoms with Crippen molar-refractivity contribution in [3.8, 4) is 0 Å². The largest absolute Gasteiger partial charge is 0.323 e. The van der Waals surface area contributed by atoms with Gasteiger partial charge in [-0.15, -0.1) is 0 Å². The minimum Gasteiger partial charge on any atom is -0.323 e. The first-order valence-corrected chi connectivity index (χ1v) is 6.22. The van der Waals surface area contributed by atoms with Gasteiger partial charge in [0.2, 0.25) is 0 Å². The van der Waals surface area contributed by atoms with E-state index in [0.717, 1.165) is 12.1 Å². The van der Waals surface area contributed by atoms with Gasteiger partial charge in [-0.05, 0) is 25.9 Å². The molecule has 1 fully saturated rings. The molecule has 0 spiro atoms. The van der Waals surface area contributed by atoms with Crippen molar-refractivity contribution in [1.82, 2.24) is 14.7 Å². The minimum absolute atomic E-state index is 0.104. The van der Waals surface area contributed by atoms with E-state index in [-0.39, 0.29) is 6.04 Å². The topological polar surface area (TPSA) is 47.1 Å². The van der Waals surface area contributed by atoms with Crippen LogP contribution in [-0.2, 0) is 7.05 Å². The highest BCUT2D eigenvalue weighted by atomic mass is 15.2. The molecule has 4 heteroatoms. The highest BCUT2D eigenvalue weighted by Gasteiger charge is 2.14. The third kappa shape index (κ3) is 3.06. The molecular weight excluding hydrogens is 200 g/mol. The van der Waals surface area contributed by atoms with E-state index in [1.54, 1.807) is 0 Å². The van der Waals surface area contributed by atoms with Crippen LogP contribution < -0.4 is 5.73 Å². The molecule has 2 heterocycles. The summed E-state index contributed by atoms with van der Waals surface area (Å²) in [5.41, 5.74) is 7.34. The molecule has 0 aromatic carbocycles. The van der Waals surface area contributed by atoms with Gasteiger partial charge < -0.3 is 10.6 Å². The Kier molecular flexibility index (Phi) is 3.96. The van der Waals surface area contributed by atoms with Gasteiger partial charge >= 0.3 is 0 Å². The van der Waals surface area contributed by atoms with Crippen molar-refractivity contribution in [1.29, 1.82) is 0 Å². The SMILES string of the molecule is Cn1cc(C(N)CN2CCCCCC2)cn1. The number of hydrogen-bond acceptors (Lipinski definition) is 3. The second-order valence-corrected chi connectivity index (χ2v) is 4.77. The highest BCUT2D eigenvalue weighted by Crippen LogP contribution is 2.14. The first kappa shape index (κ1) is 11.6. The summed E-state index contributed by atoms with van der Waals surface area (Å²) in [5.74, 6) is 0. The summed E-state index contributed by atoms with van der Waals surface area (Å²) in [7, 11) is 1.93. The molecular formula is C12H22N4. The van der Waals surface area contributed by atoms with Crippen molar-refractivity contribution >= 4 is 0 Å². The third-order valence-corrected chi connectivity index (χ3v) is 3.31. The van der Waals surface area contributed by atoms with Crippen LogP contribution in [0.15, 0.2) is 12.4 Å². The zero-order valence-electron chi connectivity index (χ0n) is 10.1. The standard InChI is InChI=1S/C12H22N4/c1-15-9-11(8-14-15)12(13)10-16-6-4-2-3-5-7-16/h8-9,12H,2-7,10,13H2,1H3. The zero-order chi connectivity index (χ0) is 11.4. The Morgan fingerprint density at radius 3 is 2.56 bits per heavy atom. The lowest BCUT2D eigenvalue weighted by molar-refractivity contribution is 0.268. The van der Waals surface area contributed by atoms with Gasteiger partial charge in [0.15, 0.2) is 0 Å². The lowest BCUT2D eigenvalue weighted by Crippen LogP contribution is -2.32. The van der Waals surface area contributed by atoms with Crippen molar-refractivity contribution in [2.45, 2.75) is 31.7 Å². The first-order chi connectivity index (χ1) is 7.75. The maximum Gasteiger partial charge on any atom is 0.0537 e. The molecule has 1 aromatic rings. The van der Waals surface area contributed by atoms with Gasteiger partial charge in [0, 0.05) is 31.4 Å². The molecule has 4 nitrogen and oxygen atoms in total. The summed E-state index contributed by atoms with van der Waals surface area (Å²) < 4.78 is 1.82. The van der Waals surface area contributed by atoms with Gasteiger partial charge in [-0.2, -0.15) is 5.10 Å². The fourth-order valence-corrected chi connectivity index (χ4v) is 2.33. The van der Waals surface area contributed by atoms with Crippen LogP contribution in [0, 0.1) is 0 Å². The summed E-state index contributed by atoms with van der Waals surface area (Å²) >= 11 is 0. The van der Waals surface area contributed by atoms with Crippen molar-refractivity contribution < 1.29 is 0 Å². The third-order valence-electron chi connectivity index (χ3n) is 3.31. The Hall–Kier alpha value is -0.870. The number of aromatic nitrogens is 2. The maximum atomic E-state index is 6.20. The lowest BCUT2D eigenvalue weighted by atomic mass is 10.1. The van der Waals surface area contributed by atoms with E-state index in [2.05, 4.69) is 10.00 Å². The average molecular weight is 222 g/mol. The van der Waals surface area contributed by atoms with Crippen LogP contribution in [0.4, 0.5) is 0 Å². The van der Waals surface area contributed by atoms with Gasteiger partial charge in [-0.25, -0.2) is 0 Å². The molecule has 0 bridgehead atoms. The summed E-state index contributed by atoms with van der Waals surface area (Å²) in [4.78, 5) is 2.49. The van der Waals surface area contributed by atoms with Crippen LogP contribution >= 0.6 is 0 Å². The van der Waals surface area contributed by atoms with Gasteiger partial charge in [0.25, 0.3) is 0 Å². The van der Waals surface area contributed by atoms with Crippen LogP contribution in [0.5, 0.6) is 0 Å². The molecule has 2 N–H and O–H groups in total. The van der Waals surface area contributed by atoms with E-state index >= 15 is 0 Å². The molecule has 2 rings (SSSR count). The number of nitrogens with two attached hydrogens (primary N) is 1. The Balaban J connectivity index is 1.88. The lowest BCUT2D eigenvalue weighted by Gasteiger charge is -2.23. The van der Waals surface area contributed by atoms with Crippen LogP contribution in [0.2, 0.25) is 0 Å². The van der Waals surface area contributed by atoms with E-state index in [9.17, 15) is 0 Å². The summed E-state index contributed by atoms with van der Waals surface area (Å²) in [5, 5.41) is 4.17. The summed E-state index contributed by atoms with van der Waals surface area (Å²) in [6.45, 7) is 3.37. The highest BCUT2D eigenvalue weighted by molar-refractivity contribution is 5.09. The summed E-state index contributed by atoms with van der Waals surface area (Å²) in [6, 6.07) is 0.104. The molecule has 1 saturated heterocycles. The van der Waals surface area contributed by atoms with Crippen LogP contribution in [0.3, 0.4) is 0 Å². The van der Waals surface area contributed by atoms with Gasteiger partial charge in [-0.3, -0.25) is 4.68 Å². The molecule has 16 heavy (non-hydrogen) atoms. The van der Waals surface area contributed by atoms with E-state index in [0.29, 0.717) is 0 Å². The molecule has 1 unspecified atom stereocenters. The van der Waals surface area contributed by atoms with Crippen molar-refractivity contribution in [2.75, 3.05) is 19.6 Å². The zero-order valence-corrected chi connectivity index (χ0v) is 10.1. The fraction of sp³-hybridized carbons (Fsp3) is 0.750. The van der Waals surface area contributed by atoms with E-state index in [1.807, 2.05) is 24.1 Å². The number of aryl methyl sites for hydroxylation is 1. The second kappa shape index (κ2) is 5.46. The van der Waals surface area contributed by atoms with Gasteiger partial charge in [0.1, 0.15) is 0 Å². The molecule has 1 atom stereocenters. The predicted octanol–water partition coefficient (Wildman–Crippen LogP) is 1.30. The number of nitrogens with zero attached hydrogens (tertiary/aromatic N) is 3. The number of likely N-dealkylation sites (tertiary alicyclic amines) is 1. The number of hydrogen-bond donors (Lipinski definition) is 1. The Bertz CT molecular complexity index is 313. The smallest absolute Gasteiger partial charge is 0.0537 e. The molecule has 0 saturated carbocycles. The molecule has 0 amide bonds. The molecule has 1 aliphatic rings. The van der Waals surface area contributed by atoms with E-state index < -0.39 is 0 Å². The fourth-order valence-electron chi connectivity index (χ4n) is 2.33. The molecule has 0 aliphatic carbocycles. The Morgan fingerprint density at radius 1 is 1.31 bits per heavy atom. The van der Waals surface area contributed by atoms with Crippen molar-refractivity contribution in [3.05, 3.63) is 18.0 Å². The van der Waals surface area contributed by atoms with Crippen molar-refractivity contribution in [2.24, 2.45) is 12.8 Å². The van der Waals surface area contributed by atoms with Crippen LogP contribution in [0.25, 0.3) is 0 Å². The normalized spacial score (nSPS) is 20.6. The molecule has 0 radical (unpaired) electrons. The predicted molar refractivity (Wildman–Crippen MR) is 65.0 cm³/mol. The molecule has 90 valence electrons. The second-order valence-electron chi connectivity index (χ2n) is 4.77. The monoisotopic (exact) mass is 222 g/mol. The Labute approximate surface area is 97.4 Å². The molecule has 1 aliphatic heterocycles. The first-order valence-electron chi connectivity index (χ1n) is 6.22. The van der Waals surface area contributed by atoms with Gasteiger partial charge in [-0.1, -0.05) is 12.8 Å². The van der Waals surface area contributed by atoms with E-state index in [4.69, 9.17) is 5.73 Å². The van der Waals surface area contributed by atoms with Crippen LogP contribution in [0.1, 0.15) is 37.3 Å². The van der Waals surface area contributed by atoms with Crippen LogP contribution in [-0.4, -0.2) is 34.3 Å². The number of rotatable bonds is 3. The minimum atomic E-state index is 0.104. The van der Waals surface area contributed by atoms with E-state index in [1.165, 1.54) is 38.8 Å². The van der Waals surface area contributed by atoms with Crippen molar-refractivity contribution in [3.63, 3.8) is 0 Å². The summed E-state index contributed by atoms with van der Waals surface area (Å²) in [6.07, 6.45) is 9.28. The quantitative estimate of drug-likeness (QED) is 0.838.